The van der Waals surface area contributed by atoms with Crippen LogP contribution in [0, 0.1) is 0 Å². The SMILES string of the molecule is O=C(NCc1ccccn1)c1cnc(N2CCCc3ccccc32)nc1. The first-order valence-electron chi connectivity index (χ1n) is 8.67. The van der Waals surface area contributed by atoms with Gasteiger partial charge in [-0.1, -0.05) is 24.3 Å². The summed E-state index contributed by atoms with van der Waals surface area (Å²) in [5, 5.41) is 2.83. The van der Waals surface area contributed by atoms with Crippen molar-refractivity contribution in [3.8, 4) is 0 Å². The van der Waals surface area contributed by atoms with E-state index in [9.17, 15) is 4.79 Å². The molecule has 6 nitrogen and oxygen atoms in total. The van der Waals surface area contributed by atoms with Gasteiger partial charge in [-0.2, -0.15) is 0 Å². The number of aryl methyl sites for hydroxylation is 1. The Labute approximate surface area is 151 Å². The Bertz CT molecular complexity index is 896. The van der Waals surface area contributed by atoms with Gasteiger partial charge in [-0.3, -0.25) is 9.78 Å². The van der Waals surface area contributed by atoms with E-state index >= 15 is 0 Å². The topological polar surface area (TPSA) is 71.0 Å². The maximum Gasteiger partial charge on any atom is 0.254 e. The number of nitrogens with one attached hydrogen (secondary N) is 1. The third kappa shape index (κ3) is 3.39. The molecule has 2 aromatic heterocycles. The molecule has 0 unspecified atom stereocenters. The lowest BCUT2D eigenvalue weighted by Crippen LogP contribution is -2.27. The molecular formula is C20H19N5O. The Morgan fingerprint density at radius 2 is 1.85 bits per heavy atom. The third-order valence-corrected chi connectivity index (χ3v) is 4.41. The van der Waals surface area contributed by atoms with E-state index in [4.69, 9.17) is 0 Å². The van der Waals surface area contributed by atoms with Crippen molar-refractivity contribution in [3.05, 3.63) is 77.9 Å². The Hall–Kier alpha value is -3.28. The number of benzene rings is 1. The summed E-state index contributed by atoms with van der Waals surface area (Å²) in [6, 6.07) is 13.9. The van der Waals surface area contributed by atoms with Gasteiger partial charge in [0.2, 0.25) is 5.95 Å². The van der Waals surface area contributed by atoms with E-state index in [0.29, 0.717) is 18.1 Å². The number of rotatable bonds is 4. The van der Waals surface area contributed by atoms with Crippen LogP contribution in [0.25, 0.3) is 0 Å². The highest BCUT2D eigenvalue weighted by Gasteiger charge is 2.20. The molecule has 0 spiro atoms. The number of anilines is 2. The fourth-order valence-electron chi connectivity index (χ4n) is 3.09. The first kappa shape index (κ1) is 16.2. The molecule has 1 aliphatic rings. The number of para-hydroxylation sites is 1. The van der Waals surface area contributed by atoms with Gasteiger partial charge >= 0.3 is 0 Å². The first-order valence-corrected chi connectivity index (χ1v) is 8.67. The van der Waals surface area contributed by atoms with E-state index in [0.717, 1.165) is 30.8 Å². The molecule has 0 atom stereocenters. The van der Waals surface area contributed by atoms with Crippen LogP contribution in [-0.2, 0) is 13.0 Å². The Balaban J connectivity index is 1.46. The largest absolute Gasteiger partial charge is 0.346 e. The van der Waals surface area contributed by atoms with Crippen molar-refractivity contribution < 1.29 is 4.79 Å². The van der Waals surface area contributed by atoms with Crippen LogP contribution in [0.15, 0.2) is 61.1 Å². The zero-order valence-corrected chi connectivity index (χ0v) is 14.3. The number of carbonyl (C=O) groups excluding carboxylic acids is 1. The van der Waals surface area contributed by atoms with Crippen molar-refractivity contribution in [2.24, 2.45) is 0 Å². The van der Waals surface area contributed by atoms with Crippen molar-refractivity contribution in [1.82, 2.24) is 20.3 Å². The lowest BCUT2D eigenvalue weighted by atomic mass is 10.0. The molecule has 4 rings (SSSR count). The fraction of sp³-hybridized carbons (Fsp3) is 0.200. The predicted octanol–water partition coefficient (Wildman–Crippen LogP) is 2.89. The van der Waals surface area contributed by atoms with E-state index in [1.807, 2.05) is 24.3 Å². The molecule has 0 saturated carbocycles. The predicted molar refractivity (Wildman–Crippen MR) is 99.2 cm³/mol. The molecular weight excluding hydrogens is 326 g/mol. The van der Waals surface area contributed by atoms with E-state index in [1.165, 1.54) is 5.56 Å². The van der Waals surface area contributed by atoms with Crippen LogP contribution in [0.4, 0.5) is 11.6 Å². The maximum atomic E-state index is 12.3. The molecule has 1 N–H and O–H groups in total. The van der Waals surface area contributed by atoms with Gasteiger partial charge in [0.05, 0.1) is 17.8 Å². The second-order valence-corrected chi connectivity index (χ2v) is 6.16. The maximum absolute atomic E-state index is 12.3. The lowest BCUT2D eigenvalue weighted by Gasteiger charge is -2.29. The molecule has 6 heteroatoms. The number of pyridine rings is 1. The molecule has 26 heavy (non-hydrogen) atoms. The van der Waals surface area contributed by atoms with Gasteiger partial charge in [0, 0.05) is 30.8 Å². The van der Waals surface area contributed by atoms with Crippen LogP contribution in [0.1, 0.15) is 28.0 Å². The molecule has 0 radical (unpaired) electrons. The molecule has 130 valence electrons. The van der Waals surface area contributed by atoms with E-state index in [1.54, 1.807) is 18.6 Å². The Kier molecular flexibility index (Phi) is 4.55. The zero-order valence-electron chi connectivity index (χ0n) is 14.3. The van der Waals surface area contributed by atoms with Gasteiger partial charge in [-0.15, -0.1) is 0 Å². The number of fused-ring (bicyclic) bond motifs is 1. The summed E-state index contributed by atoms with van der Waals surface area (Å²) in [6.07, 6.45) is 6.99. The average Bonchev–Trinajstić information content (AvgIpc) is 2.72. The molecule has 3 heterocycles. The summed E-state index contributed by atoms with van der Waals surface area (Å²) in [6.45, 7) is 1.25. The summed E-state index contributed by atoms with van der Waals surface area (Å²) in [5.74, 6) is 0.416. The van der Waals surface area contributed by atoms with E-state index in [2.05, 4.69) is 43.4 Å². The quantitative estimate of drug-likeness (QED) is 0.787. The smallest absolute Gasteiger partial charge is 0.254 e. The second kappa shape index (κ2) is 7.31. The average molecular weight is 345 g/mol. The summed E-state index contributed by atoms with van der Waals surface area (Å²) in [4.78, 5) is 27.4. The number of carbonyl (C=O) groups is 1. The standard InChI is InChI=1S/C20H19N5O/c26-19(22-14-17-8-3-4-10-21-17)16-12-23-20(24-13-16)25-11-5-7-15-6-1-2-9-18(15)25/h1-4,6,8-10,12-13H,5,7,11,14H2,(H,22,26). The van der Waals surface area contributed by atoms with Gasteiger partial charge in [-0.05, 0) is 36.6 Å². The van der Waals surface area contributed by atoms with Crippen molar-refractivity contribution in [3.63, 3.8) is 0 Å². The first-order chi connectivity index (χ1) is 12.8. The Morgan fingerprint density at radius 3 is 2.65 bits per heavy atom. The number of hydrogen-bond donors (Lipinski definition) is 1. The highest BCUT2D eigenvalue weighted by atomic mass is 16.1. The molecule has 1 amide bonds. The molecule has 1 aliphatic heterocycles. The fourth-order valence-corrected chi connectivity index (χ4v) is 3.09. The Morgan fingerprint density at radius 1 is 1.04 bits per heavy atom. The molecule has 0 bridgehead atoms. The highest BCUT2D eigenvalue weighted by Crippen LogP contribution is 2.30. The van der Waals surface area contributed by atoms with Crippen molar-refractivity contribution >= 4 is 17.5 Å². The molecule has 0 fully saturated rings. The zero-order chi connectivity index (χ0) is 17.8. The van der Waals surface area contributed by atoms with Crippen LogP contribution < -0.4 is 10.2 Å². The van der Waals surface area contributed by atoms with Crippen molar-refractivity contribution in [2.75, 3.05) is 11.4 Å². The number of aromatic nitrogens is 3. The molecule has 1 aromatic carbocycles. The molecule has 0 aliphatic carbocycles. The van der Waals surface area contributed by atoms with Crippen molar-refractivity contribution in [2.45, 2.75) is 19.4 Å². The molecule has 0 saturated heterocycles. The van der Waals surface area contributed by atoms with Gasteiger partial charge < -0.3 is 10.2 Å². The minimum Gasteiger partial charge on any atom is -0.346 e. The van der Waals surface area contributed by atoms with E-state index in [-0.39, 0.29) is 5.91 Å². The van der Waals surface area contributed by atoms with Crippen LogP contribution in [-0.4, -0.2) is 27.4 Å². The van der Waals surface area contributed by atoms with Gasteiger partial charge in [-0.25, -0.2) is 9.97 Å². The van der Waals surface area contributed by atoms with Crippen LogP contribution >= 0.6 is 0 Å². The van der Waals surface area contributed by atoms with Crippen LogP contribution in [0.3, 0.4) is 0 Å². The minimum atomic E-state index is -0.207. The number of nitrogens with zero attached hydrogens (tertiary/aromatic N) is 4. The summed E-state index contributed by atoms with van der Waals surface area (Å²) in [5.41, 5.74) is 3.70. The highest BCUT2D eigenvalue weighted by molar-refractivity contribution is 5.93. The summed E-state index contributed by atoms with van der Waals surface area (Å²) >= 11 is 0. The van der Waals surface area contributed by atoms with Gasteiger partial charge in [0.25, 0.3) is 5.91 Å². The van der Waals surface area contributed by atoms with Crippen LogP contribution in [0.2, 0.25) is 0 Å². The second-order valence-electron chi connectivity index (χ2n) is 6.16. The third-order valence-electron chi connectivity index (χ3n) is 4.41. The summed E-state index contributed by atoms with van der Waals surface area (Å²) in [7, 11) is 0. The normalized spacial score (nSPS) is 13.2. The van der Waals surface area contributed by atoms with E-state index < -0.39 is 0 Å². The van der Waals surface area contributed by atoms with Gasteiger partial charge in [0.15, 0.2) is 0 Å². The monoisotopic (exact) mass is 345 g/mol. The van der Waals surface area contributed by atoms with Gasteiger partial charge in [0.1, 0.15) is 0 Å². The number of hydrogen-bond acceptors (Lipinski definition) is 5. The van der Waals surface area contributed by atoms with Crippen molar-refractivity contribution in [1.29, 1.82) is 0 Å². The summed E-state index contributed by atoms with van der Waals surface area (Å²) < 4.78 is 0. The molecule has 3 aromatic rings. The van der Waals surface area contributed by atoms with Crippen LogP contribution in [0.5, 0.6) is 0 Å². The minimum absolute atomic E-state index is 0.207. The lowest BCUT2D eigenvalue weighted by molar-refractivity contribution is 0.0949. The number of amides is 1.